The zero-order chi connectivity index (χ0) is 20.7. The Hall–Kier alpha value is -3.38. The van der Waals surface area contributed by atoms with E-state index < -0.39 is 5.91 Å². The van der Waals surface area contributed by atoms with E-state index in [-0.39, 0.29) is 5.92 Å². The quantitative estimate of drug-likeness (QED) is 0.545. The van der Waals surface area contributed by atoms with Crippen molar-refractivity contribution in [2.75, 3.05) is 20.2 Å². The van der Waals surface area contributed by atoms with Gasteiger partial charge in [0.25, 0.3) is 0 Å². The lowest BCUT2D eigenvalue weighted by atomic mass is 9.99. The number of aromatic nitrogens is 1. The number of fused-ring (bicyclic) bond motifs is 2. The summed E-state index contributed by atoms with van der Waals surface area (Å²) in [6.07, 6.45) is 0.979. The highest BCUT2D eigenvalue weighted by atomic mass is 16.5. The molecule has 1 aliphatic rings. The Kier molecular flexibility index (Phi) is 4.64. The number of ether oxygens (including phenoxy) is 1. The number of furan rings is 1. The number of nitrogens with two attached hydrogens (primary N) is 1. The average molecular weight is 401 g/mol. The van der Waals surface area contributed by atoms with Crippen molar-refractivity contribution < 1.29 is 13.9 Å². The molecule has 0 unspecified atom stereocenters. The fourth-order valence-corrected chi connectivity index (χ4v) is 4.38. The SMILES string of the molecule is COc1cccc2cc(CN3CC[C@@H](c4cc(C(N)=O)c5ccccc5n4)C3)oc12. The molecule has 0 bridgehead atoms. The highest BCUT2D eigenvalue weighted by Gasteiger charge is 2.27. The van der Waals surface area contributed by atoms with E-state index in [2.05, 4.69) is 11.0 Å². The third-order valence-corrected chi connectivity index (χ3v) is 5.85. The molecule has 6 nitrogen and oxygen atoms in total. The van der Waals surface area contributed by atoms with Crippen LogP contribution in [0.2, 0.25) is 0 Å². The Bertz CT molecular complexity index is 1250. The van der Waals surface area contributed by atoms with Gasteiger partial charge in [-0.1, -0.05) is 30.3 Å². The molecular formula is C24H23N3O3. The maximum absolute atomic E-state index is 12.0. The Labute approximate surface area is 174 Å². The molecule has 1 fully saturated rings. The number of carbonyl (C=O) groups excluding carboxylic acids is 1. The lowest BCUT2D eigenvalue weighted by Gasteiger charge is -2.15. The van der Waals surface area contributed by atoms with E-state index in [1.54, 1.807) is 7.11 Å². The Morgan fingerprint density at radius 2 is 2.10 bits per heavy atom. The zero-order valence-electron chi connectivity index (χ0n) is 16.8. The molecule has 1 atom stereocenters. The molecule has 2 N–H and O–H groups in total. The standard InChI is InChI=1S/C24H23N3O3/c1-29-22-8-4-5-15-11-17(30-23(15)22)14-27-10-9-16(13-27)21-12-19(24(25)28)18-6-2-3-7-20(18)26-21/h2-8,11-12,16H,9-10,13-14H2,1H3,(H2,25,28)/t16-/m1/s1. The molecule has 2 aromatic carbocycles. The normalized spacial score (nSPS) is 17.0. The number of hydrogen-bond acceptors (Lipinski definition) is 5. The first kappa shape index (κ1) is 18.6. The van der Waals surface area contributed by atoms with Crippen molar-refractivity contribution in [3.8, 4) is 5.75 Å². The average Bonchev–Trinajstić information content (AvgIpc) is 3.39. The van der Waals surface area contributed by atoms with E-state index in [0.29, 0.717) is 5.56 Å². The minimum absolute atomic E-state index is 0.256. The lowest BCUT2D eigenvalue weighted by Crippen LogP contribution is -2.20. The number of methoxy groups -OCH3 is 1. The first-order chi connectivity index (χ1) is 14.6. The highest BCUT2D eigenvalue weighted by Crippen LogP contribution is 2.32. The maximum Gasteiger partial charge on any atom is 0.249 e. The number of amides is 1. The second-order valence-electron chi connectivity index (χ2n) is 7.79. The largest absolute Gasteiger partial charge is 0.493 e. The van der Waals surface area contributed by atoms with Crippen LogP contribution in [0.1, 0.15) is 34.2 Å². The molecule has 5 rings (SSSR count). The summed E-state index contributed by atoms with van der Waals surface area (Å²) in [5, 5.41) is 1.85. The summed E-state index contributed by atoms with van der Waals surface area (Å²) in [5.74, 6) is 1.50. The van der Waals surface area contributed by atoms with Gasteiger partial charge in [-0.05, 0) is 37.2 Å². The molecule has 0 saturated carbocycles. The molecule has 3 heterocycles. The van der Waals surface area contributed by atoms with Gasteiger partial charge < -0.3 is 14.9 Å². The van der Waals surface area contributed by atoms with Crippen molar-refractivity contribution in [1.29, 1.82) is 0 Å². The summed E-state index contributed by atoms with van der Waals surface area (Å²) in [6.45, 7) is 2.53. The summed E-state index contributed by atoms with van der Waals surface area (Å²) in [7, 11) is 1.65. The summed E-state index contributed by atoms with van der Waals surface area (Å²) in [6, 6.07) is 17.5. The Morgan fingerprint density at radius 1 is 1.23 bits per heavy atom. The van der Waals surface area contributed by atoms with Crippen molar-refractivity contribution in [1.82, 2.24) is 9.88 Å². The Morgan fingerprint density at radius 3 is 2.93 bits per heavy atom. The first-order valence-corrected chi connectivity index (χ1v) is 10.1. The number of primary amides is 1. The van der Waals surface area contributed by atoms with Gasteiger partial charge in [-0.25, -0.2) is 0 Å². The van der Waals surface area contributed by atoms with Crippen molar-refractivity contribution >= 4 is 27.8 Å². The predicted molar refractivity (Wildman–Crippen MR) is 116 cm³/mol. The zero-order valence-corrected chi connectivity index (χ0v) is 16.8. The van der Waals surface area contributed by atoms with Gasteiger partial charge in [0.2, 0.25) is 5.91 Å². The van der Waals surface area contributed by atoms with Crippen LogP contribution >= 0.6 is 0 Å². The Balaban J connectivity index is 1.38. The fourth-order valence-electron chi connectivity index (χ4n) is 4.38. The first-order valence-electron chi connectivity index (χ1n) is 10.1. The number of rotatable bonds is 5. The van der Waals surface area contributed by atoms with Crippen molar-refractivity contribution in [3.63, 3.8) is 0 Å². The summed E-state index contributed by atoms with van der Waals surface area (Å²) < 4.78 is 11.5. The summed E-state index contributed by atoms with van der Waals surface area (Å²) in [4.78, 5) is 19.2. The van der Waals surface area contributed by atoms with Crippen LogP contribution in [0.3, 0.4) is 0 Å². The molecule has 1 aliphatic heterocycles. The monoisotopic (exact) mass is 401 g/mol. The van der Waals surface area contributed by atoms with Gasteiger partial charge in [0.05, 0.1) is 24.7 Å². The molecular weight excluding hydrogens is 378 g/mol. The molecule has 0 aliphatic carbocycles. The fraction of sp³-hybridized carbons (Fsp3) is 0.250. The molecule has 1 saturated heterocycles. The van der Waals surface area contributed by atoms with Crippen LogP contribution in [0.25, 0.3) is 21.9 Å². The number of nitrogens with zero attached hydrogens (tertiary/aromatic N) is 2. The molecule has 6 heteroatoms. The van der Waals surface area contributed by atoms with Gasteiger partial charge in [-0.3, -0.25) is 14.7 Å². The van der Waals surface area contributed by atoms with E-state index in [0.717, 1.165) is 65.1 Å². The smallest absolute Gasteiger partial charge is 0.249 e. The van der Waals surface area contributed by atoms with E-state index in [9.17, 15) is 4.79 Å². The summed E-state index contributed by atoms with van der Waals surface area (Å²) >= 11 is 0. The number of pyridine rings is 1. The van der Waals surface area contributed by atoms with Crippen LogP contribution in [0, 0.1) is 0 Å². The van der Waals surface area contributed by atoms with Crippen molar-refractivity contribution in [2.45, 2.75) is 18.9 Å². The summed E-state index contributed by atoms with van der Waals surface area (Å²) in [5.41, 5.74) is 8.70. The highest BCUT2D eigenvalue weighted by molar-refractivity contribution is 6.05. The lowest BCUT2D eigenvalue weighted by molar-refractivity contribution is 0.100. The molecule has 1 amide bonds. The van der Waals surface area contributed by atoms with E-state index in [1.165, 1.54) is 0 Å². The molecule has 2 aromatic heterocycles. The number of likely N-dealkylation sites (tertiary alicyclic amines) is 1. The minimum Gasteiger partial charge on any atom is -0.493 e. The van der Waals surface area contributed by atoms with E-state index >= 15 is 0 Å². The van der Waals surface area contributed by atoms with Crippen molar-refractivity contribution in [3.05, 3.63) is 71.6 Å². The number of benzene rings is 2. The maximum atomic E-state index is 12.0. The van der Waals surface area contributed by atoms with Gasteiger partial charge in [-0.2, -0.15) is 0 Å². The molecule has 0 radical (unpaired) electrons. The predicted octanol–water partition coefficient (Wildman–Crippen LogP) is 4.08. The van der Waals surface area contributed by atoms with Crippen LogP contribution in [-0.4, -0.2) is 36.0 Å². The third-order valence-electron chi connectivity index (χ3n) is 5.85. The minimum atomic E-state index is -0.416. The van der Waals surface area contributed by atoms with Gasteiger partial charge in [0, 0.05) is 28.9 Å². The van der Waals surface area contributed by atoms with Gasteiger partial charge >= 0.3 is 0 Å². The van der Waals surface area contributed by atoms with Crippen LogP contribution in [-0.2, 0) is 6.54 Å². The van der Waals surface area contributed by atoms with Gasteiger partial charge in [0.15, 0.2) is 11.3 Å². The molecule has 30 heavy (non-hydrogen) atoms. The van der Waals surface area contributed by atoms with E-state index in [1.807, 2.05) is 48.5 Å². The number of carbonyl (C=O) groups is 1. The van der Waals surface area contributed by atoms with Gasteiger partial charge in [0.1, 0.15) is 5.76 Å². The van der Waals surface area contributed by atoms with Crippen LogP contribution in [0.5, 0.6) is 5.75 Å². The second-order valence-corrected chi connectivity index (χ2v) is 7.79. The van der Waals surface area contributed by atoms with Crippen LogP contribution < -0.4 is 10.5 Å². The number of para-hydroxylation sites is 2. The molecule has 152 valence electrons. The topological polar surface area (TPSA) is 81.6 Å². The number of hydrogen-bond donors (Lipinski definition) is 1. The third kappa shape index (κ3) is 3.29. The molecule has 4 aromatic rings. The van der Waals surface area contributed by atoms with Crippen molar-refractivity contribution in [2.24, 2.45) is 5.73 Å². The van der Waals surface area contributed by atoms with Crippen LogP contribution in [0.15, 0.2) is 59.0 Å². The van der Waals surface area contributed by atoms with E-state index in [4.69, 9.17) is 19.9 Å². The van der Waals surface area contributed by atoms with Gasteiger partial charge in [-0.15, -0.1) is 0 Å². The van der Waals surface area contributed by atoms with Crippen LogP contribution in [0.4, 0.5) is 0 Å². The second kappa shape index (κ2) is 7.46. The molecule has 0 spiro atoms.